The highest BCUT2D eigenvalue weighted by atomic mass is 32.2. The van der Waals surface area contributed by atoms with Crippen LogP contribution in [0.2, 0.25) is 0 Å². The lowest BCUT2D eigenvalue weighted by Crippen LogP contribution is -2.32. The van der Waals surface area contributed by atoms with Gasteiger partial charge in [-0.15, -0.1) is 0 Å². The SMILES string of the molecule is CCC(Sc1nccn1-c1cccc(OC)c1)C(=O)NCc1ccccc1. The van der Waals surface area contributed by atoms with Gasteiger partial charge >= 0.3 is 0 Å². The van der Waals surface area contributed by atoms with Gasteiger partial charge in [-0.2, -0.15) is 0 Å². The summed E-state index contributed by atoms with van der Waals surface area (Å²) in [6.45, 7) is 2.54. The zero-order valence-electron chi connectivity index (χ0n) is 15.5. The largest absolute Gasteiger partial charge is 0.497 e. The molecule has 3 rings (SSSR count). The molecule has 1 N–H and O–H groups in total. The average Bonchev–Trinajstić information content (AvgIpc) is 3.19. The molecular formula is C21H23N3O2S. The number of nitrogens with one attached hydrogen (secondary N) is 1. The maximum Gasteiger partial charge on any atom is 0.233 e. The molecule has 1 aromatic heterocycles. The molecule has 0 bridgehead atoms. The predicted molar refractivity (Wildman–Crippen MR) is 108 cm³/mol. The van der Waals surface area contributed by atoms with E-state index in [1.54, 1.807) is 13.3 Å². The molecule has 0 aliphatic rings. The van der Waals surface area contributed by atoms with E-state index >= 15 is 0 Å². The zero-order chi connectivity index (χ0) is 19.1. The third kappa shape index (κ3) is 4.92. The minimum atomic E-state index is -0.208. The fourth-order valence-corrected chi connectivity index (χ4v) is 3.70. The Morgan fingerprint density at radius 2 is 2.04 bits per heavy atom. The standard InChI is InChI=1S/C21H23N3O2S/c1-3-19(20(25)23-15-16-8-5-4-6-9-16)27-21-22-12-13-24(21)17-10-7-11-18(14-17)26-2/h4-14,19H,3,15H2,1-2H3,(H,23,25). The van der Waals surface area contributed by atoms with Crippen LogP contribution in [0.5, 0.6) is 5.75 Å². The van der Waals surface area contributed by atoms with Gasteiger partial charge in [-0.25, -0.2) is 4.98 Å². The first-order valence-corrected chi connectivity index (χ1v) is 9.75. The van der Waals surface area contributed by atoms with Crippen molar-refractivity contribution in [3.63, 3.8) is 0 Å². The molecule has 0 saturated carbocycles. The van der Waals surface area contributed by atoms with E-state index in [-0.39, 0.29) is 11.2 Å². The molecule has 0 spiro atoms. The molecule has 1 heterocycles. The first kappa shape index (κ1) is 19.0. The highest BCUT2D eigenvalue weighted by molar-refractivity contribution is 8.00. The van der Waals surface area contributed by atoms with Crippen LogP contribution < -0.4 is 10.1 Å². The van der Waals surface area contributed by atoms with E-state index in [1.807, 2.05) is 72.3 Å². The molecule has 1 unspecified atom stereocenters. The van der Waals surface area contributed by atoms with Gasteiger partial charge in [-0.05, 0) is 24.1 Å². The van der Waals surface area contributed by atoms with Gasteiger partial charge in [0, 0.05) is 25.0 Å². The van der Waals surface area contributed by atoms with Gasteiger partial charge in [0.1, 0.15) is 5.75 Å². The third-order valence-electron chi connectivity index (χ3n) is 4.16. The van der Waals surface area contributed by atoms with Crippen LogP contribution in [-0.2, 0) is 11.3 Å². The number of benzene rings is 2. The lowest BCUT2D eigenvalue weighted by molar-refractivity contribution is -0.120. The number of ether oxygens (including phenoxy) is 1. The van der Waals surface area contributed by atoms with Crippen molar-refractivity contribution in [2.45, 2.75) is 30.3 Å². The van der Waals surface area contributed by atoms with Crippen LogP contribution in [0.4, 0.5) is 0 Å². The van der Waals surface area contributed by atoms with Crippen LogP contribution >= 0.6 is 11.8 Å². The van der Waals surface area contributed by atoms with Gasteiger partial charge in [0.25, 0.3) is 0 Å². The summed E-state index contributed by atoms with van der Waals surface area (Å²) >= 11 is 1.47. The van der Waals surface area contributed by atoms with E-state index in [0.717, 1.165) is 28.6 Å². The van der Waals surface area contributed by atoms with Crippen molar-refractivity contribution in [1.82, 2.24) is 14.9 Å². The van der Waals surface area contributed by atoms with Crippen LogP contribution in [0.15, 0.2) is 72.1 Å². The zero-order valence-corrected chi connectivity index (χ0v) is 16.3. The Bertz CT molecular complexity index is 880. The number of aromatic nitrogens is 2. The van der Waals surface area contributed by atoms with Crippen LogP contribution in [-0.4, -0.2) is 27.8 Å². The van der Waals surface area contributed by atoms with Crippen molar-refractivity contribution >= 4 is 17.7 Å². The number of amides is 1. The van der Waals surface area contributed by atoms with Gasteiger partial charge in [0.2, 0.25) is 5.91 Å². The molecular weight excluding hydrogens is 358 g/mol. The Kier molecular flexibility index (Phi) is 6.54. The Balaban J connectivity index is 1.69. The van der Waals surface area contributed by atoms with Crippen molar-refractivity contribution in [3.05, 3.63) is 72.6 Å². The number of thioether (sulfide) groups is 1. The molecule has 0 aliphatic carbocycles. The second-order valence-corrected chi connectivity index (χ2v) is 7.17. The number of hydrogen-bond acceptors (Lipinski definition) is 4. The van der Waals surface area contributed by atoms with E-state index in [9.17, 15) is 4.79 Å². The Labute approximate surface area is 163 Å². The summed E-state index contributed by atoms with van der Waals surface area (Å²) in [6.07, 6.45) is 4.36. The van der Waals surface area contributed by atoms with E-state index in [4.69, 9.17) is 4.74 Å². The lowest BCUT2D eigenvalue weighted by atomic mass is 10.2. The molecule has 1 atom stereocenters. The quantitative estimate of drug-likeness (QED) is 0.598. The Morgan fingerprint density at radius 1 is 1.22 bits per heavy atom. The first-order chi connectivity index (χ1) is 13.2. The fraction of sp³-hybridized carbons (Fsp3) is 0.238. The summed E-state index contributed by atoms with van der Waals surface area (Å²) in [7, 11) is 1.65. The fourth-order valence-electron chi connectivity index (χ4n) is 2.68. The van der Waals surface area contributed by atoms with Gasteiger partial charge in [-0.1, -0.05) is 55.1 Å². The van der Waals surface area contributed by atoms with Crippen molar-refractivity contribution in [2.24, 2.45) is 0 Å². The second-order valence-electron chi connectivity index (χ2n) is 6.00. The van der Waals surface area contributed by atoms with Crippen molar-refractivity contribution in [2.75, 3.05) is 7.11 Å². The number of rotatable bonds is 8. The number of carbonyl (C=O) groups is 1. The highest BCUT2D eigenvalue weighted by Gasteiger charge is 2.20. The maximum atomic E-state index is 12.6. The normalized spacial score (nSPS) is 11.8. The molecule has 1 amide bonds. The average molecular weight is 382 g/mol. The number of hydrogen-bond donors (Lipinski definition) is 1. The van der Waals surface area contributed by atoms with Crippen LogP contribution in [0.3, 0.4) is 0 Å². The molecule has 0 aliphatic heterocycles. The molecule has 6 heteroatoms. The maximum absolute atomic E-state index is 12.6. The lowest BCUT2D eigenvalue weighted by Gasteiger charge is -2.16. The number of carbonyl (C=O) groups excluding carboxylic acids is 1. The number of imidazole rings is 1. The summed E-state index contributed by atoms with van der Waals surface area (Å²) in [5.41, 5.74) is 2.04. The van der Waals surface area contributed by atoms with Gasteiger partial charge in [0.05, 0.1) is 18.0 Å². The predicted octanol–water partition coefficient (Wildman–Crippen LogP) is 4.07. The number of methoxy groups -OCH3 is 1. The number of nitrogens with zero attached hydrogens (tertiary/aromatic N) is 2. The smallest absolute Gasteiger partial charge is 0.233 e. The Morgan fingerprint density at radius 3 is 2.78 bits per heavy atom. The molecule has 5 nitrogen and oxygen atoms in total. The van der Waals surface area contributed by atoms with E-state index < -0.39 is 0 Å². The van der Waals surface area contributed by atoms with Gasteiger partial charge in [0.15, 0.2) is 5.16 Å². The second kappa shape index (κ2) is 9.28. The molecule has 140 valence electrons. The van der Waals surface area contributed by atoms with Crippen LogP contribution in [0.1, 0.15) is 18.9 Å². The van der Waals surface area contributed by atoms with E-state index in [0.29, 0.717) is 6.54 Å². The van der Waals surface area contributed by atoms with E-state index in [2.05, 4.69) is 10.3 Å². The van der Waals surface area contributed by atoms with E-state index in [1.165, 1.54) is 11.8 Å². The van der Waals surface area contributed by atoms with Gasteiger partial charge in [-0.3, -0.25) is 9.36 Å². The van der Waals surface area contributed by atoms with Crippen LogP contribution in [0.25, 0.3) is 5.69 Å². The van der Waals surface area contributed by atoms with Crippen LogP contribution in [0, 0.1) is 0 Å². The molecule has 0 saturated heterocycles. The summed E-state index contributed by atoms with van der Waals surface area (Å²) in [5, 5.41) is 3.60. The minimum absolute atomic E-state index is 0.0199. The molecule has 27 heavy (non-hydrogen) atoms. The molecule has 2 aromatic carbocycles. The van der Waals surface area contributed by atoms with Gasteiger partial charge < -0.3 is 10.1 Å². The summed E-state index contributed by atoms with van der Waals surface area (Å²) in [5.74, 6) is 0.802. The Hall–Kier alpha value is -2.73. The molecule has 3 aromatic rings. The van der Waals surface area contributed by atoms with Crippen molar-refractivity contribution in [3.8, 4) is 11.4 Å². The minimum Gasteiger partial charge on any atom is -0.497 e. The topological polar surface area (TPSA) is 56.2 Å². The highest BCUT2D eigenvalue weighted by Crippen LogP contribution is 2.27. The molecule has 0 radical (unpaired) electrons. The summed E-state index contributed by atoms with van der Waals surface area (Å²) in [4.78, 5) is 17.1. The monoisotopic (exact) mass is 381 g/mol. The molecule has 0 fully saturated rings. The summed E-state index contributed by atoms with van der Waals surface area (Å²) in [6, 6.07) is 17.7. The van der Waals surface area contributed by atoms with Crippen molar-refractivity contribution in [1.29, 1.82) is 0 Å². The summed E-state index contributed by atoms with van der Waals surface area (Å²) < 4.78 is 7.28. The first-order valence-electron chi connectivity index (χ1n) is 8.87. The third-order valence-corrected chi connectivity index (χ3v) is 5.50. The van der Waals surface area contributed by atoms with Crippen molar-refractivity contribution < 1.29 is 9.53 Å².